The number of aromatic nitrogens is 2. The minimum absolute atomic E-state index is 0. The van der Waals surface area contributed by atoms with E-state index in [-0.39, 0.29) is 42.7 Å². The average Bonchev–Trinajstić information content (AvgIpc) is 3.25. The number of nitrogens with one attached hydrogen (secondary N) is 2. The van der Waals surface area contributed by atoms with E-state index in [1.54, 1.807) is 17.1 Å². The van der Waals surface area contributed by atoms with Gasteiger partial charge in [-0.1, -0.05) is 19.3 Å². The normalized spacial score (nSPS) is 23.2. The minimum Gasteiger partial charge on any atom is -0.352 e. The summed E-state index contributed by atoms with van der Waals surface area (Å²) in [5.41, 5.74) is 6.63. The molecule has 0 spiro atoms. The van der Waals surface area contributed by atoms with Crippen LogP contribution in [0.5, 0.6) is 0 Å². The molecule has 1 aromatic rings. The molecule has 8 heteroatoms. The molecule has 0 bridgehead atoms. The van der Waals surface area contributed by atoms with E-state index in [9.17, 15) is 9.59 Å². The van der Waals surface area contributed by atoms with Gasteiger partial charge >= 0.3 is 0 Å². The first kappa shape index (κ1) is 19.7. The Hall–Kier alpha value is -1.60. The topological polar surface area (TPSA) is 102 Å². The average molecular weight is 370 g/mol. The van der Waals surface area contributed by atoms with E-state index in [0.717, 1.165) is 32.1 Å². The lowest BCUT2D eigenvalue weighted by atomic mass is 10.00. The molecule has 7 nitrogen and oxygen atoms in total. The minimum atomic E-state index is -0.0349. The first-order chi connectivity index (χ1) is 11.6. The van der Waals surface area contributed by atoms with Gasteiger partial charge in [-0.15, -0.1) is 12.4 Å². The number of carbonyl (C=O) groups is 2. The van der Waals surface area contributed by atoms with Crippen molar-refractivity contribution in [1.29, 1.82) is 0 Å². The lowest BCUT2D eigenvalue weighted by Crippen LogP contribution is -2.35. The van der Waals surface area contributed by atoms with E-state index in [0.29, 0.717) is 18.2 Å². The Bertz CT molecular complexity index is 585. The van der Waals surface area contributed by atoms with Gasteiger partial charge in [-0.2, -0.15) is 5.10 Å². The van der Waals surface area contributed by atoms with Crippen LogP contribution in [0.2, 0.25) is 0 Å². The lowest BCUT2D eigenvalue weighted by molar-refractivity contribution is -0.122. The number of amides is 2. The molecule has 2 atom stereocenters. The number of halogens is 1. The number of carbonyl (C=O) groups excluding carboxylic acids is 2. The second kappa shape index (κ2) is 9.20. The van der Waals surface area contributed by atoms with Crippen molar-refractivity contribution in [2.75, 3.05) is 5.32 Å². The van der Waals surface area contributed by atoms with Crippen molar-refractivity contribution in [2.45, 2.75) is 70.0 Å². The maximum absolute atomic E-state index is 12.1. The van der Waals surface area contributed by atoms with E-state index in [1.807, 2.05) is 0 Å². The predicted molar refractivity (Wildman–Crippen MR) is 98.4 cm³/mol. The van der Waals surface area contributed by atoms with E-state index in [1.165, 1.54) is 12.8 Å². The third-order valence-electron chi connectivity index (χ3n) is 5.11. The summed E-state index contributed by atoms with van der Waals surface area (Å²) >= 11 is 0. The van der Waals surface area contributed by atoms with E-state index >= 15 is 0 Å². The Morgan fingerprint density at radius 1 is 1.16 bits per heavy atom. The SMILES string of the molecule is Cl.N[C@@H]1CCC[C@H]1CC(=O)Nc1cnn(CC(=O)NC2CCCC2)c1. The fraction of sp³-hybridized carbons (Fsp3) is 0.706. The van der Waals surface area contributed by atoms with Crippen molar-refractivity contribution < 1.29 is 9.59 Å². The first-order valence-electron chi connectivity index (χ1n) is 8.97. The van der Waals surface area contributed by atoms with Crippen LogP contribution >= 0.6 is 12.4 Å². The summed E-state index contributed by atoms with van der Waals surface area (Å²) in [5, 5.41) is 10.0. The second-order valence-electron chi connectivity index (χ2n) is 7.08. The van der Waals surface area contributed by atoms with Gasteiger partial charge in [0.1, 0.15) is 6.54 Å². The van der Waals surface area contributed by atoms with Gasteiger partial charge in [0.15, 0.2) is 0 Å². The molecule has 0 aliphatic heterocycles. The summed E-state index contributed by atoms with van der Waals surface area (Å²) < 4.78 is 1.56. The van der Waals surface area contributed by atoms with Gasteiger partial charge in [0.2, 0.25) is 11.8 Å². The Balaban J connectivity index is 0.00000225. The molecule has 0 aromatic carbocycles. The summed E-state index contributed by atoms with van der Waals surface area (Å²) in [5.74, 6) is 0.212. The lowest BCUT2D eigenvalue weighted by Gasteiger charge is -2.14. The summed E-state index contributed by atoms with van der Waals surface area (Å²) in [6.07, 6.45) is 11.4. The zero-order valence-corrected chi connectivity index (χ0v) is 15.3. The number of rotatable bonds is 6. The number of hydrogen-bond acceptors (Lipinski definition) is 4. The van der Waals surface area contributed by atoms with Crippen LogP contribution in [0.3, 0.4) is 0 Å². The zero-order chi connectivity index (χ0) is 16.9. The van der Waals surface area contributed by atoms with Crippen LogP contribution in [0.1, 0.15) is 51.4 Å². The highest BCUT2D eigenvalue weighted by molar-refractivity contribution is 5.90. The van der Waals surface area contributed by atoms with Crippen LogP contribution < -0.4 is 16.4 Å². The molecule has 1 aromatic heterocycles. The molecule has 2 aliphatic carbocycles. The van der Waals surface area contributed by atoms with Gasteiger partial charge in [-0.05, 0) is 31.6 Å². The predicted octanol–water partition coefficient (Wildman–Crippen LogP) is 1.82. The van der Waals surface area contributed by atoms with Gasteiger partial charge < -0.3 is 16.4 Å². The largest absolute Gasteiger partial charge is 0.352 e. The van der Waals surface area contributed by atoms with Crippen LogP contribution in [0.4, 0.5) is 5.69 Å². The Morgan fingerprint density at radius 3 is 2.60 bits per heavy atom. The van der Waals surface area contributed by atoms with Gasteiger partial charge in [-0.25, -0.2) is 0 Å². The molecule has 2 saturated carbocycles. The highest BCUT2D eigenvalue weighted by Gasteiger charge is 2.26. The molecule has 0 radical (unpaired) electrons. The summed E-state index contributed by atoms with van der Waals surface area (Å²) in [6.45, 7) is 0.180. The van der Waals surface area contributed by atoms with Crippen molar-refractivity contribution in [3.63, 3.8) is 0 Å². The smallest absolute Gasteiger partial charge is 0.241 e. The molecule has 4 N–H and O–H groups in total. The van der Waals surface area contributed by atoms with Crippen LogP contribution in [-0.2, 0) is 16.1 Å². The van der Waals surface area contributed by atoms with Gasteiger partial charge in [0.25, 0.3) is 0 Å². The van der Waals surface area contributed by atoms with Crippen molar-refractivity contribution in [2.24, 2.45) is 11.7 Å². The molecule has 3 rings (SSSR count). The quantitative estimate of drug-likeness (QED) is 0.711. The molecule has 2 fully saturated rings. The summed E-state index contributed by atoms with van der Waals surface area (Å²) in [7, 11) is 0. The van der Waals surface area contributed by atoms with Crippen molar-refractivity contribution in [3.05, 3.63) is 12.4 Å². The molecule has 140 valence electrons. The second-order valence-corrected chi connectivity index (χ2v) is 7.08. The standard InChI is InChI=1S/C17H27N5O2.ClH/c18-15-7-3-4-12(15)8-16(23)21-14-9-19-22(10-14)11-17(24)20-13-5-1-2-6-13;/h9-10,12-13,15H,1-8,11,18H2,(H,20,24)(H,21,23);1H/t12-,15+;/m0./s1. The van der Waals surface area contributed by atoms with Crippen molar-refractivity contribution in [3.8, 4) is 0 Å². The van der Waals surface area contributed by atoms with Crippen LogP contribution in [0.25, 0.3) is 0 Å². The molecule has 1 heterocycles. The van der Waals surface area contributed by atoms with E-state index in [2.05, 4.69) is 15.7 Å². The summed E-state index contributed by atoms with van der Waals surface area (Å²) in [4.78, 5) is 24.1. The first-order valence-corrected chi connectivity index (χ1v) is 8.97. The number of anilines is 1. The van der Waals surface area contributed by atoms with E-state index in [4.69, 9.17) is 5.73 Å². The van der Waals surface area contributed by atoms with Crippen molar-refractivity contribution in [1.82, 2.24) is 15.1 Å². The van der Waals surface area contributed by atoms with E-state index < -0.39 is 0 Å². The monoisotopic (exact) mass is 369 g/mol. The Labute approximate surface area is 154 Å². The third-order valence-corrected chi connectivity index (χ3v) is 5.11. The highest BCUT2D eigenvalue weighted by atomic mass is 35.5. The van der Waals surface area contributed by atoms with Crippen molar-refractivity contribution >= 4 is 29.9 Å². The van der Waals surface area contributed by atoms with Crippen LogP contribution in [0.15, 0.2) is 12.4 Å². The highest BCUT2D eigenvalue weighted by Crippen LogP contribution is 2.27. The fourth-order valence-electron chi connectivity index (χ4n) is 3.77. The molecular formula is C17H28ClN5O2. The summed E-state index contributed by atoms with van der Waals surface area (Å²) in [6, 6.07) is 0.445. The Kier molecular flexibility index (Phi) is 7.25. The van der Waals surface area contributed by atoms with Gasteiger partial charge in [0.05, 0.1) is 11.9 Å². The molecule has 2 aliphatic rings. The maximum Gasteiger partial charge on any atom is 0.241 e. The van der Waals surface area contributed by atoms with Gasteiger partial charge in [-0.3, -0.25) is 14.3 Å². The Morgan fingerprint density at radius 2 is 1.92 bits per heavy atom. The molecule has 0 unspecified atom stereocenters. The molecular weight excluding hydrogens is 342 g/mol. The van der Waals surface area contributed by atoms with Crippen LogP contribution in [-0.4, -0.2) is 33.7 Å². The fourth-order valence-corrected chi connectivity index (χ4v) is 3.77. The number of nitrogens with zero attached hydrogens (tertiary/aromatic N) is 2. The maximum atomic E-state index is 12.1. The molecule has 25 heavy (non-hydrogen) atoms. The molecule has 2 amide bonds. The van der Waals surface area contributed by atoms with Crippen LogP contribution in [0, 0.1) is 5.92 Å². The molecule has 0 saturated heterocycles. The van der Waals surface area contributed by atoms with Gasteiger partial charge in [0, 0.05) is 24.7 Å². The third kappa shape index (κ3) is 5.71. The zero-order valence-electron chi connectivity index (χ0n) is 14.4. The number of nitrogens with two attached hydrogens (primary N) is 1. The number of hydrogen-bond donors (Lipinski definition) is 3.